The van der Waals surface area contributed by atoms with Crippen molar-refractivity contribution in [2.45, 2.75) is 0 Å². The van der Waals surface area contributed by atoms with Crippen LogP contribution in [0.25, 0.3) is 11.3 Å². The van der Waals surface area contributed by atoms with Gasteiger partial charge in [0, 0.05) is 10.6 Å². The van der Waals surface area contributed by atoms with Crippen LogP contribution in [0.15, 0.2) is 64.5 Å². The van der Waals surface area contributed by atoms with Gasteiger partial charge in [-0.3, -0.25) is 9.78 Å². The summed E-state index contributed by atoms with van der Waals surface area (Å²) in [4.78, 5) is 14.6. The second-order valence-corrected chi connectivity index (χ2v) is 5.08. The van der Waals surface area contributed by atoms with Crippen molar-refractivity contribution in [2.24, 2.45) is 5.10 Å². The van der Waals surface area contributed by atoms with E-state index in [1.807, 2.05) is 30.3 Å². The van der Waals surface area contributed by atoms with Crippen molar-refractivity contribution in [1.82, 2.24) is 15.2 Å². The lowest BCUT2D eigenvalue weighted by Gasteiger charge is -2.01. The van der Waals surface area contributed by atoms with Crippen LogP contribution >= 0.6 is 11.6 Å². The number of aromatic amines is 1. The quantitative estimate of drug-likeness (QED) is 0.570. The number of aromatic nitrogens is 3. The third-order valence-corrected chi connectivity index (χ3v) is 3.25. The SMILES string of the molecule is O=c1[nH]c(NN=Cc2ccc(Cl)cc2)nnc1-c1ccccc1. The van der Waals surface area contributed by atoms with Crippen LogP contribution < -0.4 is 11.0 Å². The van der Waals surface area contributed by atoms with Crippen molar-refractivity contribution in [1.29, 1.82) is 0 Å². The summed E-state index contributed by atoms with van der Waals surface area (Å²) in [6, 6.07) is 16.3. The summed E-state index contributed by atoms with van der Waals surface area (Å²) < 4.78 is 0. The number of hydrogen-bond acceptors (Lipinski definition) is 5. The van der Waals surface area contributed by atoms with E-state index in [-0.39, 0.29) is 17.2 Å². The van der Waals surface area contributed by atoms with Crippen LogP contribution in [0.4, 0.5) is 5.95 Å². The van der Waals surface area contributed by atoms with E-state index < -0.39 is 0 Å². The second kappa shape index (κ2) is 6.85. The first kappa shape index (κ1) is 14.9. The topological polar surface area (TPSA) is 83.0 Å². The molecule has 2 N–H and O–H groups in total. The fourth-order valence-corrected chi connectivity index (χ4v) is 2.02. The third-order valence-electron chi connectivity index (χ3n) is 3.00. The molecule has 0 aliphatic carbocycles. The molecular weight excluding hydrogens is 314 g/mol. The van der Waals surface area contributed by atoms with Crippen molar-refractivity contribution in [2.75, 3.05) is 5.43 Å². The zero-order valence-electron chi connectivity index (χ0n) is 11.9. The summed E-state index contributed by atoms with van der Waals surface area (Å²) in [5, 5.41) is 12.5. The highest BCUT2D eigenvalue weighted by Gasteiger charge is 2.06. The van der Waals surface area contributed by atoms with E-state index in [2.05, 4.69) is 25.7 Å². The van der Waals surface area contributed by atoms with Gasteiger partial charge in [-0.2, -0.15) is 5.10 Å². The molecule has 0 saturated heterocycles. The molecule has 0 fully saturated rings. The first-order valence-corrected chi connectivity index (χ1v) is 7.17. The fraction of sp³-hybridized carbons (Fsp3) is 0. The zero-order chi connectivity index (χ0) is 16.1. The van der Waals surface area contributed by atoms with Crippen LogP contribution in [0.3, 0.4) is 0 Å². The molecule has 0 amide bonds. The molecule has 0 atom stereocenters. The lowest BCUT2D eigenvalue weighted by Crippen LogP contribution is -2.15. The Bertz CT molecular complexity index is 875. The van der Waals surface area contributed by atoms with Crippen LogP contribution in [0, 0.1) is 0 Å². The molecule has 114 valence electrons. The molecule has 3 aromatic rings. The van der Waals surface area contributed by atoms with Gasteiger partial charge in [0.05, 0.1) is 6.21 Å². The van der Waals surface area contributed by atoms with Crippen molar-refractivity contribution in [3.05, 3.63) is 75.5 Å². The maximum absolute atomic E-state index is 12.0. The highest BCUT2D eigenvalue weighted by Crippen LogP contribution is 2.11. The van der Waals surface area contributed by atoms with Gasteiger partial charge < -0.3 is 0 Å². The predicted molar refractivity (Wildman–Crippen MR) is 90.8 cm³/mol. The molecule has 0 aliphatic rings. The average molecular weight is 326 g/mol. The van der Waals surface area contributed by atoms with Crippen molar-refractivity contribution < 1.29 is 0 Å². The molecule has 7 heteroatoms. The summed E-state index contributed by atoms with van der Waals surface area (Å²) in [5.74, 6) is 0.167. The number of anilines is 1. The van der Waals surface area contributed by atoms with E-state index >= 15 is 0 Å². The number of H-pyrrole nitrogens is 1. The monoisotopic (exact) mass is 325 g/mol. The number of nitrogens with one attached hydrogen (secondary N) is 2. The van der Waals surface area contributed by atoms with Gasteiger partial charge in [0.25, 0.3) is 5.56 Å². The maximum atomic E-state index is 12.0. The van der Waals surface area contributed by atoms with Gasteiger partial charge >= 0.3 is 0 Å². The van der Waals surface area contributed by atoms with E-state index in [0.29, 0.717) is 10.6 Å². The van der Waals surface area contributed by atoms with Crippen molar-refractivity contribution in [3.63, 3.8) is 0 Å². The molecule has 0 spiro atoms. The Morgan fingerprint density at radius 3 is 2.48 bits per heavy atom. The summed E-state index contributed by atoms with van der Waals surface area (Å²) in [6.07, 6.45) is 1.58. The molecule has 0 radical (unpaired) electrons. The number of hydrazone groups is 1. The number of rotatable bonds is 4. The van der Waals surface area contributed by atoms with Crippen molar-refractivity contribution in [3.8, 4) is 11.3 Å². The van der Waals surface area contributed by atoms with Crippen LogP contribution in [0.1, 0.15) is 5.56 Å². The lowest BCUT2D eigenvalue weighted by molar-refractivity contribution is 0.947. The molecule has 0 bridgehead atoms. The molecule has 0 unspecified atom stereocenters. The van der Waals surface area contributed by atoms with E-state index in [1.54, 1.807) is 30.5 Å². The molecule has 2 aromatic carbocycles. The fourth-order valence-electron chi connectivity index (χ4n) is 1.89. The Balaban J connectivity index is 1.73. The Hall–Kier alpha value is -2.99. The normalized spacial score (nSPS) is 10.8. The lowest BCUT2D eigenvalue weighted by atomic mass is 10.2. The van der Waals surface area contributed by atoms with Crippen LogP contribution in [-0.2, 0) is 0 Å². The van der Waals surface area contributed by atoms with E-state index in [0.717, 1.165) is 5.56 Å². The molecule has 1 heterocycles. The molecule has 23 heavy (non-hydrogen) atoms. The zero-order valence-corrected chi connectivity index (χ0v) is 12.7. The van der Waals surface area contributed by atoms with Crippen LogP contribution in [0.5, 0.6) is 0 Å². The van der Waals surface area contributed by atoms with Crippen LogP contribution in [0.2, 0.25) is 5.02 Å². The molecule has 0 aliphatic heterocycles. The van der Waals surface area contributed by atoms with E-state index in [9.17, 15) is 4.79 Å². The number of halogens is 1. The number of hydrogen-bond donors (Lipinski definition) is 2. The van der Waals surface area contributed by atoms with E-state index in [1.165, 1.54) is 0 Å². The molecule has 1 aromatic heterocycles. The predicted octanol–water partition coefficient (Wildman–Crippen LogP) is 2.93. The van der Waals surface area contributed by atoms with Gasteiger partial charge in [0.1, 0.15) is 0 Å². The molecular formula is C16H12ClN5O. The Morgan fingerprint density at radius 2 is 1.78 bits per heavy atom. The third kappa shape index (κ3) is 3.81. The van der Waals surface area contributed by atoms with Gasteiger partial charge in [-0.15, -0.1) is 10.2 Å². The first-order chi connectivity index (χ1) is 11.2. The molecule has 0 saturated carbocycles. The Morgan fingerprint density at radius 1 is 1.04 bits per heavy atom. The summed E-state index contributed by atoms with van der Waals surface area (Å²) in [5.41, 5.74) is 4.12. The van der Waals surface area contributed by atoms with Gasteiger partial charge in [0.2, 0.25) is 5.95 Å². The smallest absolute Gasteiger partial charge is 0.279 e. The van der Waals surface area contributed by atoms with Crippen molar-refractivity contribution >= 4 is 23.8 Å². The Labute approximate surface area is 136 Å². The summed E-state index contributed by atoms with van der Waals surface area (Å²) in [6.45, 7) is 0. The number of nitrogens with zero attached hydrogens (tertiary/aromatic N) is 3. The van der Waals surface area contributed by atoms with Gasteiger partial charge in [-0.1, -0.05) is 54.1 Å². The van der Waals surface area contributed by atoms with Gasteiger partial charge in [-0.25, -0.2) is 5.43 Å². The highest BCUT2D eigenvalue weighted by atomic mass is 35.5. The average Bonchev–Trinajstić information content (AvgIpc) is 2.58. The largest absolute Gasteiger partial charge is 0.288 e. The van der Waals surface area contributed by atoms with Crippen LogP contribution in [-0.4, -0.2) is 21.4 Å². The van der Waals surface area contributed by atoms with E-state index in [4.69, 9.17) is 11.6 Å². The Kier molecular flexibility index (Phi) is 4.44. The second-order valence-electron chi connectivity index (χ2n) is 4.64. The molecule has 6 nitrogen and oxygen atoms in total. The van der Waals surface area contributed by atoms with Gasteiger partial charge in [-0.05, 0) is 17.7 Å². The minimum atomic E-state index is -0.338. The first-order valence-electron chi connectivity index (χ1n) is 6.79. The summed E-state index contributed by atoms with van der Waals surface area (Å²) >= 11 is 5.81. The minimum absolute atomic E-state index is 0.167. The standard InChI is InChI=1S/C16H12ClN5O/c17-13-8-6-11(7-9-13)10-18-21-16-19-15(23)14(20-22-16)12-4-2-1-3-5-12/h1-10H,(H2,19,21,22,23). The molecule has 3 rings (SSSR count). The van der Waals surface area contributed by atoms with Gasteiger partial charge in [0.15, 0.2) is 5.69 Å². The minimum Gasteiger partial charge on any atom is -0.288 e. The maximum Gasteiger partial charge on any atom is 0.279 e. The summed E-state index contributed by atoms with van der Waals surface area (Å²) in [7, 11) is 0. The number of benzene rings is 2. The highest BCUT2D eigenvalue weighted by molar-refractivity contribution is 6.30.